The van der Waals surface area contributed by atoms with Gasteiger partial charge in [0.15, 0.2) is 0 Å². The van der Waals surface area contributed by atoms with Gasteiger partial charge in [0.05, 0.1) is 29.3 Å². The number of hydrogen-bond acceptors (Lipinski definition) is 4. The molecule has 20 heavy (non-hydrogen) atoms. The maximum Gasteiger partial charge on any atom is 0.271 e. The van der Waals surface area contributed by atoms with E-state index in [4.69, 9.17) is 0 Å². The van der Waals surface area contributed by atoms with E-state index in [1.54, 1.807) is 11.3 Å². The molecule has 2 unspecified atom stereocenters. The summed E-state index contributed by atoms with van der Waals surface area (Å²) < 4.78 is 2.12. The molecule has 0 radical (unpaired) electrons. The first-order valence-electron chi connectivity index (χ1n) is 6.83. The number of hydrogen-bond donors (Lipinski definition) is 1. The molecule has 2 aliphatic rings. The molecular weight excluding hydrogens is 272 g/mol. The first-order valence-corrected chi connectivity index (χ1v) is 7.71. The van der Waals surface area contributed by atoms with Gasteiger partial charge in [0, 0.05) is 24.7 Å². The molecule has 2 atom stereocenters. The topological polar surface area (TPSA) is 50.2 Å². The maximum absolute atomic E-state index is 12.7. The van der Waals surface area contributed by atoms with Crippen LogP contribution in [0.5, 0.6) is 0 Å². The van der Waals surface area contributed by atoms with Gasteiger partial charge in [-0.25, -0.2) is 4.98 Å². The lowest BCUT2D eigenvalue weighted by atomic mass is 10.1. The lowest BCUT2D eigenvalue weighted by Crippen LogP contribution is -2.49. The van der Waals surface area contributed by atoms with E-state index in [9.17, 15) is 4.79 Å². The summed E-state index contributed by atoms with van der Waals surface area (Å²) in [5.41, 5.74) is 1.79. The predicted molar refractivity (Wildman–Crippen MR) is 76.9 cm³/mol. The largest absolute Gasteiger partial charge is 0.337 e. The van der Waals surface area contributed by atoms with Crippen molar-refractivity contribution in [3.8, 4) is 0 Å². The molecule has 2 aromatic rings. The third-order valence-electron chi connectivity index (χ3n) is 4.17. The zero-order chi connectivity index (χ0) is 13.7. The average Bonchev–Trinajstić information content (AvgIpc) is 3.13. The van der Waals surface area contributed by atoms with Crippen LogP contribution in [0.3, 0.4) is 0 Å². The summed E-state index contributed by atoms with van der Waals surface area (Å²) in [7, 11) is 0. The second kappa shape index (κ2) is 4.43. The van der Waals surface area contributed by atoms with Crippen LogP contribution in [-0.2, 0) is 6.54 Å². The number of aryl methyl sites for hydroxylation is 1. The molecular formula is C14H16N4OS. The number of thiazole rings is 1. The summed E-state index contributed by atoms with van der Waals surface area (Å²) >= 11 is 1.64. The highest BCUT2D eigenvalue weighted by Gasteiger charge is 2.42. The summed E-state index contributed by atoms with van der Waals surface area (Å²) in [6.07, 6.45) is 2.02. The van der Waals surface area contributed by atoms with Crippen molar-refractivity contribution in [1.82, 2.24) is 19.8 Å². The Morgan fingerprint density at radius 2 is 2.30 bits per heavy atom. The summed E-state index contributed by atoms with van der Waals surface area (Å²) in [5.74, 6) is 0.116. The predicted octanol–water partition coefficient (Wildman–Crippen LogP) is 1.42. The molecule has 0 aromatic carbocycles. The molecule has 4 rings (SSSR count). The number of nitrogens with zero attached hydrogens (tertiary/aromatic N) is 3. The quantitative estimate of drug-likeness (QED) is 0.909. The van der Waals surface area contributed by atoms with Crippen LogP contribution < -0.4 is 5.32 Å². The Kier molecular flexibility index (Phi) is 2.68. The zero-order valence-electron chi connectivity index (χ0n) is 11.2. The van der Waals surface area contributed by atoms with Crippen LogP contribution in [0, 0.1) is 6.92 Å². The number of carbonyl (C=O) groups excluding carboxylic acids is 1. The third-order valence-corrected chi connectivity index (χ3v) is 4.99. The standard InChI is InChI=1S/C14H16N4OS/c1-9-16-10(8-20-9)7-18-13-6-15-5-12(13)17-4-2-3-11(17)14(18)19/h2-4,8,12-13,15H,5-7H2,1H3. The molecule has 1 fully saturated rings. The molecule has 2 aromatic heterocycles. The van der Waals surface area contributed by atoms with Crippen LogP contribution in [0.25, 0.3) is 0 Å². The lowest BCUT2D eigenvalue weighted by molar-refractivity contribution is 0.0559. The lowest BCUT2D eigenvalue weighted by Gasteiger charge is -2.38. The van der Waals surface area contributed by atoms with Crippen molar-refractivity contribution in [3.05, 3.63) is 40.1 Å². The van der Waals surface area contributed by atoms with Crippen molar-refractivity contribution in [2.45, 2.75) is 25.6 Å². The van der Waals surface area contributed by atoms with Crippen molar-refractivity contribution in [1.29, 1.82) is 0 Å². The fourth-order valence-electron chi connectivity index (χ4n) is 3.26. The van der Waals surface area contributed by atoms with E-state index in [0.29, 0.717) is 12.6 Å². The van der Waals surface area contributed by atoms with E-state index in [1.165, 1.54) is 0 Å². The maximum atomic E-state index is 12.7. The molecule has 0 spiro atoms. The van der Waals surface area contributed by atoms with Crippen molar-refractivity contribution in [2.75, 3.05) is 13.1 Å². The molecule has 1 N–H and O–H groups in total. The Balaban J connectivity index is 1.70. The van der Waals surface area contributed by atoms with E-state index < -0.39 is 0 Å². The minimum absolute atomic E-state index is 0.116. The molecule has 0 saturated carbocycles. The normalized spacial score (nSPS) is 24.9. The van der Waals surface area contributed by atoms with Gasteiger partial charge < -0.3 is 14.8 Å². The van der Waals surface area contributed by atoms with Crippen LogP contribution in [0.1, 0.15) is 27.2 Å². The molecule has 0 bridgehead atoms. The van der Waals surface area contributed by atoms with E-state index in [0.717, 1.165) is 29.5 Å². The summed E-state index contributed by atoms with van der Waals surface area (Å²) in [6, 6.07) is 4.44. The van der Waals surface area contributed by atoms with Crippen LogP contribution in [0.2, 0.25) is 0 Å². The van der Waals surface area contributed by atoms with Crippen LogP contribution in [0.15, 0.2) is 23.7 Å². The highest BCUT2D eigenvalue weighted by Crippen LogP contribution is 2.31. The Bertz CT molecular complexity index is 662. The SMILES string of the molecule is Cc1nc(CN2C(=O)c3cccn3C3CNCC32)cs1. The van der Waals surface area contributed by atoms with E-state index in [-0.39, 0.29) is 11.9 Å². The monoisotopic (exact) mass is 288 g/mol. The molecule has 1 saturated heterocycles. The smallest absolute Gasteiger partial charge is 0.271 e. The van der Waals surface area contributed by atoms with Gasteiger partial charge in [-0.2, -0.15) is 0 Å². The number of carbonyl (C=O) groups is 1. The van der Waals surface area contributed by atoms with E-state index in [1.807, 2.05) is 35.5 Å². The fourth-order valence-corrected chi connectivity index (χ4v) is 3.86. The number of fused-ring (bicyclic) bond motifs is 3. The van der Waals surface area contributed by atoms with Gasteiger partial charge in [-0.15, -0.1) is 11.3 Å². The van der Waals surface area contributed by atoms with Gasteiger partial charge >= 0.3 is 0 Å². The van der Waals surface area contributed by atoms with E-state index in [2.05, 4.69) is 14.9 Å². The Hall–Kier alpha value is -1.66. The number of rotatable bonds is 2. The Morgan fingerprint density at radius 1 is 1.45 bits per heavy atom. The number of aromatic nitrogens is 2. The van der Waals surface area contributed by atoms with Crippen molar-refractivity contribution < 1.29 is 4.79 Å². The molecule has 6 heteroatoms. The second-order valence-corrected chi connectivity index (χ2v) is 6.45. The Morgan fingerprint density at radius 3 is 3.10 bits per heavy atom. The van der Waals surface area contributed by atoms with Gasteiger partial charge in [0.25, 0.3) is 5.91 Å². The van der Waals surface area contributed by atoms with Gasteiger partial charge in [-0.05, 0) is 19.1 Å². The summed E-state index contributed by atoms with van der Waals surface area (Å²) in [6.45, 7) is 4.39. The van der Waals surface area contributed by atoms with Gasteiger partial charge in [-0.1, -0.05) is 0 Å². The number of nitrogens with one attached hydrogen (secondary N) is 1. The first-order chi connectivity index (χ1) is 9.74. The van der Waals surface area contributed by atoms with Crippen molar-refractivity contribution in [2.24, 2.45) is 0 Å². The number of amides is 1. The Labute approximate surface area is 121 Å². The van der Waals surface area contributed by atoms with Gasteiger partial charge in [-0.3, -0.25) is 4.79 Å². The molecule has 2 aliphatic heterocycles. The van der Waals surface area contributed by atoms with Gasteiger partial charge in [0.2, 0.25) is 0 Å². The fraction of sp³-hybridized carbons (Fsp3) is 0.429. The minimum Gasteiger partial charge on any atom is -0.337 e. The van der Waals surface area contributed by atoms with Crippen LogP contribution >= 0.6 is 11.3 Å². The molecule has 5 nitrogen and oxygen atoms in total. The molecule has 0 aliphatic carbocycles. The van der Waals surface area contributed by atoms with Crippen molar-refractivity contribution in [3.63, 3.8) is 0 Å². The second-order valence-electron chi connectivity index (χ2n) is 5.38. The van der Waals surface area contributed by atoms with Gasteiger partial charge in [0.1, 0.15) is 5.69 Å². The molecule has 1 amide bonds. The highest BCUT2D eigenvalue weighted by atomic mass is 32.1. The van der Waals surface area contributed by atoms with Crippen molar-refractivity contribution >= 4 is 17.2 Å². The van der Waals surface area contributed by atoms with Crippen LogP contribution in [-0.4, -0.2) is 39.5 Å². The van der Waals surface area contributed by atoms with E-state index >= 15 is 0 Å². The zero-order valence-corrected chi connectivity index (χ0v) is 12.1. The average molecular weight is 288 g/mol. The third kappa shape index (κ3) is 1.72. The first kappa shape index (κ1) is 12.1. The molecule has 104 valence electrons. The summed E-state index contributed by atoms with van der Waals surface area (Å²) in [5, 5.41) is 6.50. The highest BCUT2D eigenvalue weighted by molar-refractivity contribution is 7.09. The minimum atomic E-state index is 0.116. The molecule has 4 heterocycles. The van der Waals surface area contributed by atoms with Crippen LogP contribution in [0.4, 0.5) is 0 Å². The summed E-state index contributed by atoms with van der Waals surface area (Å²) in [4.78, 5) is 19.2.